The number of hydrogen-bond acceptors (Lipinski definition) is 12. The number of nitrogens with zero attached hydrogens (tertiary/aromatic N) is 9. The van der Waals surface area contributed by atoms with Crippen LogP contribution in [0.25, 0.3) is 67.7 Å². The molecule has 5 aromatic heterocycles. The lowest BCUT2D eigenvalue weighted by Gasteiger charge is -2.52. The molecule has 6 heterocycles. The average Bonchev–Trinajstić information content (AvgIpc) is 4.30. The van der Waals surface area contributed by atoms with Gasteiger partial charge < -0.3 is 27.0 Å². The molecule has 5 aliphatic rings. The van der Waals surface area contributed by atoms with Crippen molar-refractivity contribution in [2.45, 2.75) is 95.0 Å². The fourth-order valence-electron chi connectivity index (χ4n) is 11.1. The minimum atomic E-state index is -0.582. The fraction of sp³-hybridized carbons (Fsp3) is 0.304. The first kappa shape index (κ1) is 45.2. The number of aromatic nitrogens is 9. The summed E-state index contributed by atoms with van der Waals surface area (Å²) in [4.78, 5) is 24.6. The van der Waals surface area contributed by atoms with Gasteiger partial charge in [-0.25, -0.2) is 24.9 Å². The van der Waals surface area contributed by atoms with Crippen molar-refractivity contribution in [1.29, 1.82) is 0 Å². The van der Waals surface area contributed by atoms with Gasteiger partial charge in [0.15, 0.2) is 17.1 Å². The summed E-state index contributed by atoms with van der Waals surface area (Å²) in [6.07, 6.45) is 12.2. The number of hydrogen-bond donors (Lipinski definition) is 5. The summed E-state index contributed by atoms with van der Waals surface area (Å²) >= 11 is 0. The highest BCUT2D eigenvalue weighted by Crippen LogP contribution is 2.58. The van der Waals surface area contributed by atoms with Crippen molar-refractivity contribution in [3.05, 3.63) is 157 Å². The van der Waals surface area contributed by atoms with E-state index in [0.29, 0.717) is 55.2 Å². The summed E-state index contributed by atoms with van der Waals surface area (Å²) in [5, 5.41) is 33.8. The fourth-order valence-corrected chi connectivity index (χ4v) is 11.1. The number of benzene rings is 4. The maximum atomic E-state index is 10.8. The van der Waals surface area contributed by atoms with E-state index in [1.54, 1.807) is 27.8 Å². The summed E-state index contributed by atoms with van der Waals surface area (Å²) in [6.45, 7) is 0.604. The van der Waals surface area contributed by atoms with E-state index in [9.17, 15) is 10.2 Å². The lowest BCUT2D eigenvalue weighted by Crippen LogP contribution is -2.60. The van der Waals surface area contributed by atoms with E-state index in [1.807, 2.05) is 60.7 Å². The molecule has 0 saturated heterocycles. The van der Waals surface area contributed by atoms with Gasteiger partial charge in [0.05, 0.1) is 59.1 Å². The molecule has 0 unspecified atom stereocenters. The Labute approximate surface area is 406 Å². The normalized spacial score (nSPS) is 24.1. The van der Waals surface area contributed by atoms with Gasteiger partial charge in [-0.1, -0.05) is 124 Å². The molecule has 9 aromatic rings. The molecule has 0 amide bonds. The number of nitrogens with two attached hydrogens (primary N) is 2. The highest BCUT2D eigenvalue weighted by atomic mass is 16.3. The first-order valence-corrected chi connectivity index (χ1v) is 23.6. The van der Waals surface area contributed by atoms with E-state index in [2.05, 4.69) is 81.2 Å². The smallest absolute Gasteiger partial charge is 0.184 e. The van der Waals surface area contributed by atoms with Crippen molar-refractivity contribution in [3.8, 4) is 50.8 Å². The second-order valence-corrected chi connectivity index (χ2v) is 19.8. The molecule has 14 heteroatoms. The molecule has 4 fully saturated rings. The zero-order valence-electron chi connectivity index (χ0n) is 37.4. The number of aliphatic hydroxyl groups is 2. The summed E-state index contributed by atoms with van der Waals surface area (Å²) in [5.74, 6) is 2.53. The minimum absolute atomic E-state index is 0. The molecule has 4 aliphatic carbocycles. The summed E-state index contributed by atoms with van der Waals surface area (Å²) < 4.78 is 3.53. The van der Waals surface area contributed by atoms with Crippen molar-refractivity contribution < 1.29 is 10.2 Å². The second kappa shape index (κ2) is 16.7. The monoisotopic (exact) mass is 930 g/mol. The van der Waals surface area contributed by atoms with Gasteiger partial charge in [-0.05, 0) is 74.3 Å². The molecule has 4 aromatic carbocycles. The Morgan fingerprint density at radius 2 is 1.03 bits per heavy atom. The van der Waals surface area contributed by atoms with Crippen LogP contribution in [0, 0.1) is 11.8 Å². The van der Waals surface area contributed by atoms with Crippen molar-refractivity contribution in [3.63, 3.8) is 0 Å². The number of fused-ring (bicyclic) bond motifs is 6. The van der Waals surface area contributed by atoms with E-state index >= 15 is 0 Å². The molecular formula is C56H58N12O2. The van der Waals surface area contributed by atoms with Gasteiger partial charge in [-0.15, -0.1) is 0 Å². The Morgan fingerprint density at radius 1 is 0.543 bits per heavy atom. The molecule has 14 nitrogen and oxygen atoms in total. The second-order valence-electron chi connectivity index (χ2n) is 19.8. The molecule has 1 aliphatic heterocycles. The first-order chi connectivity index (χ1) is 33.0. The standard InChI is InChI=1S/C27H26N6O.C27H24N6O.2CH4/c2*28-26(15-27(34,16-26)20-10-11-20)19-8-6-18(7-9-19)24-23(17-4-2-1-3-5-17)31-21-14-29-22-12-13-30-33(22)25(21)32-24;;/h1-9,12-13,20,29,34H,10-11,14-16,28H2;1-9,12-14,20,34H,10-11,15-16,28H2;2*1H4. The van der Waals surface area contributed by atoms with Gasteiger partial charge in [0.2, 0.25) is 0 Å². The Balaban J connectivity index is 0.000000148. The van der Waals surface area contributed by atoms with Crippen LogP contribution >= 0.6 is 0 Å². The van der Waals surface area contributed by atoms with Gasteiger partial charge in [0, 0.05) is 45.5 Å². The van der Waals surface area contributed by atoms with Crippen LogP contribution in [-0.2, 0) is 17.6 Å². The SMILES string of the molecule is C.C.NC1(c2ccc(-c3nc4c(cnc5ccnn54)nc3-c3ccccc3)cc2)CC(O)(C2CC2)C1.NC1(c2ccc(-c3nc4c(nc3-c3ccccc3)CNc3ccnn3-4)cc2)CC(O)(C2CC2)C1. The maximum Gasteiger partial charge on any atom is 0.184 e. The third kappa shape index (κ3) is 7.62. The lowest BCUT2D eigenvalue weighted by atomic mass is 9.60. The third-order valence-corrected chi connectivity index (χ3v) is 15.0. The molecule has 0 radical (unpaired) electrons. The molecule has 0 spiro atoms. The van der Waals surface area contributed by atoms with Gasteiger partial charge >= 0.3 is 0 Å². The van der Waals surface area contributed by atoms with E-state index in [-0.39, 0.29) is 14.9 Å². The summed E-state index contributed by atoms with van der Waals surface area (Å²) in [5.41, 5.74) is 23.5. The van der Waals surface area contributed by atoms with Crippen LogP contribution in [-0.4, -0.2) is 65.7 Å². The number of nitrogens with one attached hydrogen (secondary N) is 1. The van der Waals surface area contributed by atoms with Crippen LogP contribution < -0.4 is 16.8 Å². The van der Waals surface area contributed by atoms with Crippen molar-refractivity contribution in [2.75, 3.05) is 5.32 Å². The molecule has 4 saturated carbocycles. The maximum absolute atomic E-state index is 10.8. The highest BCUT2D eigenvalue weighted by molar-refractivity contribution is 5.85. The van der Waals surface area contributed by atoms with Crippen LogP contribution in [0.5, 0.6) is 0 Å². The zero-order chi connectivity index (χ0) is 45.8. The molecule has 70 heavy (non-hydrogen) atoms. The highest BCUT2D eigenvalue weighted by Gasteiger charge is 2.60. The Morgan fingerprint density at radius 3 is 1.57 bits per heavy atom. The van der Waals surface area contributed by atoms with Crippen molar-refractivity contribution in [1.82, 2.24) is 44.3 Å². The van der Waals surface area contributed by atoms with Crippen molar-refractivity contribution >= 4 is 22.6 Å². The van der Waals surface area contributed by atoms with Crippen LogP contribution in [0.2, 0.25) is 0 Å². The van der Waals surface area contributed by atoms with E-state index in [4.69, 9.17) is 31.4 Å². The predicted octanol–water partition coefficient (Wildman–Crippen LogP) is 9.38. The number of anilines is 1. The molecule has 14 rings (SSSR count). The van der Waals surface area contributed by atoms with Crippen LogP contribution in [0.4, 0.5) is 5.82 Å². The molecule has 0 atom stereocenters. The minimum Gasteiger partial charge on any atom is -0.389 e. The van der Waals surface area contributed by atoms with Crippen LogP contribution in [0.1, 0.15) is 83.0 Å². The molecule has 354 valence electrons. The summed E-state index contributed by atoms with van der Waals surface area (Å²) in [7, 11) is 0. The topological polar surface area (TPSA) is 204 Å². The largest absolute Gasteiger partial charge is 0.389 e. The Bertz CT molecular complexity index is 3370. The molecular weight excluding hydrogens is 873 g/mol. The van der Waals surface area contributed by atoms with Gasteiger partial charge in [-0.3, -0.25) is 0 Å². The predicted molar refractivity (Wildman–Crippen MR) is 273 cm³/mol. The van der Waals surface area contributed by atoms with E-state index in [0.717, 1.165) is 105 Å². The molecule has 0 bridgehead atoms. The first-order valence-electron chi connectivity index (χ1n) is 23.6. The molecule has 7 N–H and O–H groups in total. The lowest BCUT2D eigenvalue weighted by molar-refractivity contribution is -0.107. The Hall–Kier alpha value is -7.23. The van der Waals surface area contributed by atoms with Crippen LogP contribution in [0.3, 0.4) is 0 Å². The Kier molecular flexibility index (Phi) is 10.8. The van der Waals surface area contributed by atoms with E-state index < -0.39 is 22.3 Å². The van der Waals surface area contributed by atoms with Gasteiger partial charge in [-0.2, -0.15) is 19.4 Å². The third-order valence-electron chi connectivity index (χ3n) is 15.0. The van der Waals surface area contributed by atoms with Crippen molar-refractivity contribution in [2.24, 2.45) is 23.3 Å². The van der Waals surface area contributed by atoms with Gasteiger partial charge in [0.1, 0.15) is 17.0 Å². The quantitative estimate of drug-likeness (QED) is 0.0967. The number of rotatable bonds is 8. The zero-order valence-corrected chi connectivity index (χ0v) is 37.4. The van der Waals surface area contributed by atoms with E-state index in [1.165, 1.54) is 0 Å². The summed E-state index contributed by atoms with van der Waals surface area (Å²) in [6, 6.07) is 40.6. The average molecular weight is 931 g/mol. The van der Waals surface area contributed by atoms with Gasteiger partial charge in [0.25, 0.3) is 0 Å². The van der Waals surface area contributed by atoms with Crippen LogP contribution in [0.15, 0.2) is 140 Å².